The first-order chi connectivity index (χ1) is 9.83. The van der Waals surface area contributed by atoms with Crippen LogP contribution < -0.4 is 11.1 Å². The molecule has 0 spiro atoms. The summed E-state index contributed by atoms with van der Waals surface area (Å²) in [6, 6.07) is 9.49. The zero-order valence-corrected chi connectivity index (χ0v) is 11.3. The largest absolute Gasteiger partial charge is 0.508 e. The summed E-state index contributed by atoms with van der Waals surface area (Å²) in [4.78, 5) is 11.8. The summed E-state index contributed by atoms with van der Waals surface area (Å²) < 4.78 is 13.7. The molecule has 0 saturated heterocycles. The number of anilines is 1. The average Bonchev–Trinajstić information content (AvgIpc) is 2.40. The van der Waals surface area contributed by atoms with Crippen molar-refractivity contribution in [3.8, 4) is 11.5 Å². The van der Waals surface area contributed by atoms with Gasteiger partial charge in [0, 0.05) is 6.07 Å². The van der Waals surface area contributed by atoms with Gasteiger partial charge < -0.3 is 21.3 Å². The van der Waals surface area contributed by atoms with Crippen molar-refractivity contribution in [3.05, 3.63) is 53.8 Å². The van der Waals surface area contributed by atoms with Gasteiger partial charge in [0.2, 0.25) is 5.91 Å². The monoisotopic (exact) mass is 290 g/mol. The summed E-state index contributed by atoms with van der Waals surface area (Å²) >= 11 is 0. The number of hydrogen-bond acceptors (Lipinski definition) is 4. The maximum absolute atomic E-state index is 13.7. The Morgan fingerprint density at radius 2 is 1.76 bits per heavy atom. The highest BCUT2D eigenvalue weighted by molar-refractivity contribution is 5.89. The number of phenols is 2. The van der Waals surface area contributed by atoms with Crippen LogP contribution in [0.5, 0.6) is 11.5 Å². The lowest BCUT2D eigenvalue weighted by molar-refractivity contribution is -0.122. The van der Waals surface area contributed by atoms with E-state index in [1.54, 1.807) is 6.07 Å². The second kappa shape index (κ2) is 5.32. The van der Waals surface area contributed by atoms with Crippen molar-refractivity contribution in [1.29, 1.82) is 0 Å². The lowest BCUT2D eigenvalue weighted by Gasteiger charge is -2.29. The number of hydrogen-bond donors (Lipinski definition) is 4. The number of rotatable bonds is 4. The molecular formula is C15H15FN2O3. The molecule has 6 heteroatoms. The summed E-state index contributed by atoms with van der Waals surface area (Å²) in [5, 5.41) is 21.8. The number of nitrogens with two attached hydrogens (primary N) is 1. The molecule has 1 unspecified atom stereocenters. The van der Waals surface area contributed by atoms with Crippen LogP contribution in [0.2, 0.25) is 0 Å². The molecule has 0 aliphatic heterocycles. The van der Waals surface area contributed by atoms with Gasteiger partial charge in [0.25, 0.3) is 0 Å². The van der Waals surface area contributed by atoms with Crippen molar-refractivity contribution >= 4 is 11.6 Å². The summed E-state index contributed by atoms with van der Waals surface area (Å²) in [6.45, 7) is 1.44. The van der Waals surface area contributed by atoms with Crippen molar-refractivity contribution in [2.24, 2.45) is 5.73 Å². The molecule has 0 aliphatic carbocycles. The van der Waals surface area contributed by atoms with E-state index in [2.05, 4.69) is 5.32 Å². The van der Waals surface area contributed by atoms with Crippen LogP contribution in [0.25, 0.3) is 0 Å². The fourth-order valence-electron chi connectivity index (χ4n) is 1.99. The molecule has 0 fully saturated rings. The van der Waals surface area contributed by atoms with Gasteiger partial charge in [0.1, 0.15) is 22.9 Å². The Morgan fingerprint density at radius 1 is 1.19 bits per heavy atom. The van der Waals surface area contributed by atoms with E-state index in [9.17, 15) is 19.4 Å². The van der Waals surface area contributed by atoms with Gasteiger partial charge in [0.15, 0.2) is 0 Å². The van der Waals surface area contributed by atoms with E-state index >= 15 is 0 Å². The van der Waals surface area contributed by atoms with Gasteiger partial charge in [-0.05, 0) is 36.8 Å². The first-order valence-electron chi connectivity index (χ1n) is 6.19. The lowest BCUT2D eigenvalue weighted by atomic mass is 9.90. The molecule has 0 saturated carbocycles. The van der Waals surface area contributed by atoms with Gasteiger partial charge >= 0.3 is 0 Å². The highest BCUT2D eigenvalue weighted by Crippen LogP contribution is 2.32. The number of para-hydroxylation sites is 1. The van der Waals surface area contributed by atoms with Crippen molar-refractivity contribution in [3.63, 3.8) is 0 Å². The summed E-state index contributed by atoms with van der Waals surface area (Å²) in [5.41, 5.74) is 4.22. The van der Waals surface area contributed by atoms with E-state index in [-0.39, 0.29) is 22.7 Å². The number of phenolic OH excluding ortho intramolecular Hbond substituents is 2. The van der Waals surface area contributed by atoms with E-state index in [1.807, 2.05) is 0 Å². The molecule has 2 aromatic carbocycles. The lowest BCUT2D eigenvalue weighted by Crippen LogP contribution is -2.45. The Bertz CT molecular complexity index is 670. The molecule has 2 rings (SSSR count). The van der Waals surface area contributed by atoms with Gasteiger partial charge in [-0.1, -0.05) is 12.1 Å². The van der Waals surface area contributed by atoms with Crippen LogP contribution >= 0.6 is 0 Å². The molecule has 21 heavy (non-hydrogen) atoms. The molecule has 0 aliphatic rings. The molecule has 0 radical (unpaired) electrons. The zero-order valence-electron chi connectivity index (χ0n) is 11.3. The van der Waals surface area contributed by atoms with Gasteiger partial charge in [-0.3, -0.25) is 4.79 Å². The molecule has 0 bridgehead atoms. The second-order valence-electron chi connectivity index (χ2n) is 4.83. The Hall–Kier alpha value is -2.76. The summed E-state index contributed by atoms with van der Waals surface area (Å²) in [5.74, 6) is -1.79. The van der Waals surface area contributed by atoms with E-state index < -0.39 is 17.3 Å². The minimum Gasteiger partial charge on any atom is -0.508 e. The number of nitrogens with one attached hydrogen (secondary N) is 1. The zero-order chi connectivity index (χ0) is 15.6. The minimum absolute atomic E-state index is 0.0848. The molecule has 1 atom stereocenters. The van der Waals surface area contributed by atoms with Crippen LogP contribution in [0.3, 0.4) is 0 Å². The normalized spacial score (nSPS) is 13.4. The average molecular weight is 290 g/mol. The fraction of sp³-hybridized carbons (Fsp3) is 0.133. The topological polar surface area (TPSA) is 95.6 Å². The van der Waals surface area contributed by atoms with E-state index in [0.717, 1.165) is 6.07 Å². The summed E-state index contributed by atoms with van der Waals surface area (Å²) in [7, 11) is 0. The van der Waals surface area contributed by atoms with E-state index in [0.29, 0.717) is 0 Å². The van der Waals surface area contributed by atoms with Crippen LogP contribution in [-0.4, -0.2) is 16.1 Å². The highest BCUT2D eigenvalue weighted by atomic mass is 19.1. The number of halogens is 1. The molecule has 5 N–H and O–H groups in total. The van der Waals surface area contributed by atoms with Crippen LogP contribution in [-0.2, 0) is 10.3 Å². The molecule has 2 aromatic rings. The Morgan fingerprint density at radius 3 is 2.29 bits per heavy atom. The van der Waals surface area contributed by atoms with E-state index in [1.165, 1.54) is 37.3 Å². The maximum atomic E-state index is 13.7. The Labute approximate surface area is 120 Å². The third-order valence-electron chi connectivity index (χ3n) is 3.23. The van der Waals surface area contributed by atoms with Crippen LogP contribution in [0, 0.1) is 5.82 Å². The quantitative estimate of drug-likeness (QED) is 0.693. The smallest absolute Gasteiger partial charge is 0.247 e. The van der Waals surface area contributed by atoms with Crippen LogP contribution in [0.1, 0.15) is 12.5 Å². The number of benzene rings is 2. The van der Waals surface area contributed by atoms with Gasteiger partial charge in [-0.2, -0.15) is 0 Å². The predicted octanol–water partition coefficient (Wildman–Crippen LogP) is 2.05. The third kappa shape index (κ3) is 2.89. The van der Waals surface area contributed by atoms with Gasteiger partial charge in [-0.15, -0.1) is 0 Å². The number of carbonyl (C=O) groups is 1. The summed E-state index contributed by atoms with van der Waals surface area (Å²) in [6.07, 6.45) is 0. The van der Waals surface area contributed by atoms with Crippen molar-refractivity contribution < 1.29 is 19.4 Å². The number of amides is 1. The fourth-order valence-corrected chi connectivity index (χ4v) is 1.99. The van der Waals surface area contributed by atoms with Gasteiger partial charge in [0.05, 0.1) is 5.69 Å². The number of aromatic hydroxyl groups is 2. The highest BCUT2D eigenvalue weighted by Gasteiger charge is 2.34. The standard InChI is InChI=1S/C15H15FN2O3/c1-15(14(17)21,9-6-10(19)8-11(20)7-9)18-13-5-3-2-4-12(13)16/h2-8,18-20H,1H3,(H2,17,21). The minimum atomic E-state index is -1.50. The maximum Gasteiger partial charge on any atom is 0.247 e. The van der Waals surface area contributed by atoms with Crippen molar-refractivity contribution in [2.75, 3.05) is 5.32 Å². The molecule has 0 heterocycles. The first-order valence-corrected chi connectivity index (χ1v) is 6.19. The van der Waals surface area contributed by atoms with Crippen molar-refractivity contribution in [1.82, 2.24) is 0 Å². The Kier molecular flexibility index (Phi) is 3.71. The van der Waals surface area contributed by atoms with Gasteiger partial charge in [-0.25, -0.2) is 4.39 Å². The molecule has 5 nitrogen and oxygen atoms in total. The Balaban J connectivity index is 2.50. The first kappa shape index (κ1) is 14.6. The SMILES string of the molecule is CC(Nc1ccccc1F)(C(N)=O)c1cc(O)cc(O)c1. The van der Waals surface area contributed by atoms with Crippen LogP contribution in [0.4, 0.5) is 10.1 Å². The van der Waals surface area contributed by atoms with Crippen molar-refractivity contribution in [2.45, 2.75) is 12.5 Å². The number of carbonyl (C=O) groups excluding carboxylic acids is 1. The molecular weight excluding hydrogens is 275 g/mol. The van der Waals surface area contributed by atoms with Crippen LogP contribution in [0.15, 0.2) is 42.5 Å². The third-order valence-corrected chi connectivity index (χ3v) is 3.23. The molecule has 0 aromatic heterocycles. The molecule has 110 valence electrons. The second-order valence-corrected chi connectivity index (χ2v) is 4.83. The molecule has 1 amide bonds. The predicted molar refractivity (Wildman–Crippen MR) is 76.3 cm³/mol. The van der Waals surface area contributed by atoms with E-state index in [4.69, 9.17) is 5.73 Å². The number of primary amides is 1.